The van der Waals surface area contributed by atoms with E-state index in [0.717, 1.165) is 21.4 Å². The quantitative estimate of drug-likeness (QED) is 0.421. The predicted molar refractivity (Wildman–Crippen MR) is 114 cm³/mol. The molecule has 2 aromatic heterocycles. The van der Waals surface area contributed by atoms with Gasteiger partial charge < -0.3 is 5.32 Å². The Morgan fingerprint density at radius 2 is 2.04 bits per heavy atom. The van der Waals surface area contributed by atoms with Crippen molar-refractivity contribution in [3.63, 3.8) is 0 Å². The first-order valence-electron chi connectivity index (χ1n) is 8.17. The maximum absolute atomic E-state index is 12.3. The maximum atomic E-state index is 12.3. The van der Waals surface area contributed by atoms with Gasteiger partial charge >= 0.3 is 0 Å². The van der Waals surface area contributed by atoms with Gasteiger partial charge in [0.1, 0.15) is 0 Å². The van der Waals surface area contributed by atoms with Crippen molar-refractivity contribution in [2.24, 2.45) is 0 Å². The lowest BCUT2D eigenvalue weighted by atomic mass is 10.2. The molecule has 140 valence electrons. The third-order valence-corrected chi connectivity index (χ3v) is 5.82. The molecule has 7 nitrogen and oxygen atoms in total. The van der Waals surface area contributed by atoms with Crippen LogP contribution < -0.4 is 5.32 Å². The van der Waals surface area contributed by atoms with Crippen LogP contribution in [0.15, 0.2) is 69.6 Å². The number of carbonyl (C=O) groups excluding carboxylic acids is 1. The zero-order valence-corrected chi connectivity index (χ0v) is 17.5. The molecule has 4 rings (SSSR count). The zero-order valence-electron chi connectivity index (χ0n) is 14.3. The number of aromatic nitrogens is 5. The minimum absolute atomic E-state index is 0.164. The molecular formula is C18H13BrN6OS2. The van der Waals surface area contributed by atoms with E-state index in [4.69, 9.17) is 0 Å². The van der Waals surface area contributed by atoms with E-state index < -0.39 is 0 Å². The molecule has 0 aliphatic rings. The van der Waals surface area contributed by atoms with Crippen molar-refractivity contribution in [3.05, 3.63) is 64.5 Å². The number of thiazole rings is 1. The average Bonchev–Trinajstić information content (AvgIpc) is 3.36. The Labute approximate surface area is 177 Å². The molecule has 0 radical (unpaired) electrons. The largest absolute Gasteiger partial charge is 0.301 e. The second kappa shape index (κ2) is 8.63. The number of anilines is 1. The number of nitrogens with zero attached hydrogens (tertiary/aromatic N) is 5. The lowest BCUT2D eigenvalue weighted by molar-refractivity contribution is -0.113. The first kappa shape index (κ1) is 18.8. The number of nitrogens with one attached hydrogen (secondary N) is 1. The summed E-state index contributed by atoms with van der Waals surface area (Å²) in [5, 5.41) is 17.5. The Morgan fingerprint density at radius 3 is 2.86 bits per heavy atom. The summed E-state index contributed by atoms with van der Waals surface area (Å²) in [7, 11) is 0. The minimum Gasteiger partial charge on any atom is -0.301 e. The topological polar surface area (TPSA) is 85.6 Å². The van der Waals surface area contributed by atoms with Gasteiger partial charge in [0.15, 0.2) is 5.13 Å². The number of amides is 1. The zero-order chi connectivity index (χ0) is 19.3. The fourth-order valence-corrected chi connectivity index (χ4v) is 4.22. The first-order chi connectivity index (χ1) is 13.7. The molecule has 0 spiro atoms. The summed E-state index contributed by atoms with van der Waals surface area (Å²) in [6.45, 7) is 0. The van der Waals surface area contributed by atoms with Crippen molar-refractivity contribution >= 4 is 50.1 Å². The molecule has 1 amide bonds. The summed E-state index contributed by atoms with van der Waals surface area (Å²) in [6.07, 6.45) is 0. The number of halogens is 1. The van der Waals surface area contributed by atoms with E-state index in [9.17, 15) is 4.79 Å². The summed E-state index contributed by atoms with van der Waals surface area (Å²) in [6, 6.07) is 17.4. The Kier molecular flexibility index (Phi) is 5.79. The number of hydrogen-bond donors (Lipinski definition) is 1. The SMILES string of the molecule is O=C(CSc1nnnn1-c1ccccc1)Nc1nc(-c2cccc(Br)c2)cs1. The molecule has 10 heteroatoms. The second-order valence-corrected chi connectivity index (χ2v) is 8.31. The van der Waals surface area contributed by atoms with E-state index in [1.54, 1.807) is 4.68 Å². The van der Waals surface area contributed by atoms with Gasteiger partial charge in [0.05, 0.1) is 17.1 Å². The van der Waals surface area contributed by atoms with Gasteiger partial charge in [0, 0.05) is 15.4 Å². The third-order valence-electron chi connectivity index (χ3n) is 3.64. The van der Waals surface area contributed by atoms with Crippen molar-refractivity contribution in [3.8, 4) is 16.9 Å². The van der Waals surface area contributed by atoms with Crippen molar-refractivity contribution in [1.29, 1.82) is 0 Å². The van der Waals surface area contributed by atoms with Gasteiger partial charge in [-0.15, -0.1) is 16.4 Å². The highest BCUT2D eigenvalue weighted by molar-refractivity contribution is 9.10. The highest BCUT2D eigenvalue weighted by Gasteiger charge is 2.13. The lowest BCUT2D eigenvalue weighted by Crippen LogP contribution is -2.14. The van der Waals surface area contributed by atoms with Crippen molar-refractivity contribution < 1.29 is 4.79 Å². The lowest BCUT2D eigenvalue weighted by Gasteiger charge is -2.04. The van der Waals surface area contributed by atoms with Gasteiger partial charge in [-0.3, -0.25) is 4.79 Å². The summed E-state index contributed by atoms with van der Waals surface area (Å²) >= 11 is 6.11. The number of rotatable bonds is 6. The summed E-state index contributed by atoms with van der Waals surface area (Å²) in [5.74, 6) is 0.0155. The van der Waals surface area contributed by atoms with Crippen LogP contribution >= 0.6 is 39.0 Å². The summed E-state index contributed by atoms with van der Waals surface area (Å²) in [4.78, 5) is 16.8. The molecule has 0 unspecified atom stereocenters. The Morgan fingerprint density at radius 1 is 1.18 bits per heavy atom. The molecule has 1 N–H and O–H groups in total. The molecule has 0 aliphatic carbocycles. The van der Waals surface area contributed by atoms with Gasteiger partial charge in [-0.05, 0) is 34.7 Å². The van der Waals surface area contributed by atoms with Crippen LogP contribution in [-0.4, -0.2) is 36.9 Å². The number of carbonyl (C=O) groups is 1. The van der Waals surface area contributed by atoms with E-state index in [2.05, 4.69) is 41.8 Å². The first-order valence-corrected chi connectivity index (χ1v) is 10.8. The van der Waals surface area contributed by atoms with Crippen LogP contribution in [0.1, 0.15) is 0 Å². The smallest absolute Gasteiger partial charge is 0.236 e. The van der Waals surface area contributed by atoms with Crippen LogP contribution in [0.2, 0.25) is 0 Å². The fourth-order valence-electron chi connectivity index (χ4n) is 2.40. The molecule has 28 heavy (non-hydrogen) atoms. The van der Waals surface area contributed by atoms with E-state index in [1.165, 1.54) is 23.1 Å². The normalized spacial score (nSPS) is 10.8. The second-order valence-electron chi connectivity index (χ2n) is 5.59. The molecule has 0 saturated heterocycles. The maximum Gasteiger partial charge on any atom is 0.236 e. The number of para-hydroxylation sites is 1. The van der Waals surface area contributed by atoms with Crippen LogP contribution in [0.4, 0.5) is 5.13 Å². The molecule has 0 saturated carbocycles. The highest BCUT2D eigenvalue weighted by Crippen LogP contribution is 2.27. The van der Waals surface area contributed by atoms with Crippen molar-refractivity contribution in [2.45, 2.75) is 5.16 Å². The molecule has 2 heterocycles. The van der Waals surface area contributed by atoms with Gasteiger partial charge in [-0.2, -0.15) is 4.68 Å². The Bertz CT molecular complexity index is 1100. The van der Waals surface area contributed by atoms with Crippen LogP contribution in [0, 0.1) is 0 Å². The standard InChI is InChI=1S/C18H13BrN6OS2/c19-13-6-4-5-12(9-13)15-10-27-17(20-15)21-16(26)11-28-18-22-23-24-25(18)14-7-2-1-3-8-14/h1-10H,11H2,(H,20,21,26). The summed E-state index contributed by atoms with van der Waals surface area (Å²) in [5.41, 5.74) is 2.65. The van der Waals surface area contributed by atoms with Gasteiger partial charge in [0.2, 0.25) is 11.1 Å². The molecular weight excluding hydrogens is 460 g/mol. The highest BCUT2D eigenvalue weighted by atomic mass is 79.9. The van der Waals surface area contributed by atoms with E-state index >= 15 is 0 Å². The van der Waals surface area contributed by atoms with Crippen LogP contribution in [0.3, 0.4) is 0 Å². The van der Waals surface area contributed by atoms with Crippen molar-refractivity contribution in [1.82, 2.24) is 25.2 Å². The van der Waals surface area contributed by atoms with E-state index in [1.807, 2.05) is 60.0 Å². The van der Waals surface area contributed by atoms with Crippen molar-refractivity contribution in [2.75, 3.05) is 11.1 Å². The number of thioether (sulfide) groups is 1. The Balaban J connectivity index is 1.38. The van der Waals surface area contributed by atoms with Crippen LogP contribution in [0.25, 0.3) is 16.9 Å². The minimum atomic E-state index is -0.164. The van der Waals surface area contributed by atoms with E-state index in [-0.39, 0.29) is 11.7 Å². The van der Waals surface area contributed by atoms with Crippen LogP contribution in [0.5, 0.6) is 0 Å². The molecule has 0 fully saturated rings. The molecule has 0 aliphatic heterocycles. The van der Waals surface area contributed by atoms with Gasteiger partial charge in [-0.25, -0.2) is 4.98 Å². The third kappa shape index (κ3) is 4.46. The van der Waals surface area contributed by atoms with Gasteiger partial charge in [-0.1, -0.05) is 58.0 Å². The predicted octanol–water partition coefficient (Wildman–Crippen LogP) is 4.28. The molecule has 0 atom stereocenters. The van der Waals surface area contributed by atoms with Gasteiger partial charge in [0.25, 0.3) is 0 Å². The molecule has 0 bridgehead atoms. The number of benzene rings is 2. The monoisotopic (exact) mass is 472 g/mol. The number of tetrazole rings is 1. The van der Waals surface area contributed by atoms with E-state index in [0.29, 0.717) is 10.3 Å². The fraction of sp³-hybridized carbons (Fsp3) is 0.0556. The van der Waals surface area contributed by atoms with Crippen LogP contribution in [-0.2, 0) is 4.79 Å². The summed E-state index contributed by atoms with van der Waals surface area (Å²) < 4.78 is 2.59. The average molecular weight is 473 g/mol. The Hall–Kier alpha value is -2.56. The number of hydrogen-bond acceptors (Lipinski definition) is 7. The molecule has 2 aromatic carbocycles. The molecule has 4 aromatic rings.